The van der Waals surface area contributed by atoms with E-state index < -0.39 is 5.41 Å². The monoisotopic (exact) mass is 730 g/mol. The number of fused-ring (bicyclic) bond motifs is 3. The van der Waals surface area contributed by atoms with Crippen molar-refractivity contribution in [2.24, 2.45) is 10.8 Å². The van der Waals surface area contributed by atoms with Crippen LogP contribution in [0.2, 0.25) is 0 Å². The van der Waals surface area contributed by atoms with Crippen molar-refractivity contribution in [2.75, 3.05) is 0 Å². The minimum Gasteiger partial charge on any atom is -0.512 e. The summed E-state index contributed by atoms with van der Waals surface area (Å²) in [7, 11) is 0. The van der Waals surface area contributed by atoms with Crippen LogP contribution in [0, 0.1) is 30.7 Å². The number of aliphatic hydroxyl groups is 1. The van der Waals surface area contributed by atoms with E-state index in [1.54, 1.807) is 6.33 Å². The second-order valence-electron chi connectivity index (χ2n) is 13.5. The zero-order valence-electron chi connectivity index (χ0n) is 26.5. The normalized spacial score (nSPS) is 12.5. The van der Waals surface area contributed by atoms with Crippen molar-refractivity contribution >= 4 is 27.5 Å². The van der Waals surface area contributed by atoms with E-state index in [1.807, 2.05) is 41.5 Å². The molecule has 0 saturated heterocycles. The molecule has 41 heavy (non-hydrogen) atoms. The van der Waals surface area contributed by atoms with Crippen LogP contribution < -0.4 is 0 Å². The van der Waals surface area contributed by atoms with Gasteiger partial charge in [0.2, 0.25) is 0 Å². The van der Waals surface area contributed by atoms with Crippen LogP contribution in [0.15, 0.2) is 60.6 Å². The number of hydrogen-bond donors (Lipinski definition) is 1. The van der Waals surface area contributed by atoms with Crippen LogP contribution in [0.3, 0.4) is 0 Å². The van der Waals surface area contributed by atoms with E-state index in [4.69, 9.17) is 0 Å². The number of aliphatic hydroxyl groups excluding tert-OH is 1. The van der Waals surface area contributed by atoms with Crippen molar-refractivity contribution in [1.82, 2.24) is 9.97 Å². The van der Waals surface area contributed by atoms with Gasteiger partial charge < -0.3 is 5.11 Å². The summed E-state index contributed by atoms with van der Waals surface area (Å²) in [6.45, 7) is 22.3. The van der Waals surface area contributed by atoms with Gasteiger partial charge in [0.15, 0.2) is 5.78 Å². The predicted molar refractivity (Wildman–Crippen MR) is 169 cm³/mol. The molecule has 0 amide bonds. The second-order valence-corrected chi connectivity index (χ2v) is 13.5. The number of allylic oxidation sites excluding steroid dienone is 2. The summed E-state index contributed by atoms with van der Waals surface area (Å²) in [6, 6.07) is 18.6. The van der Waals surface area contributed by atoms with E-state index >= 15 is 0 Å². The predicted octanol–water partition coefficient (Wildman–Crippen LogP) is 9.64. The number of benzene rings is 3. The van der Waals surface area contributed by atoms with Crippen LogP contribution >= 0.6 is 0 Å². The first-order valence-electron chi connectivity index (χ1n) is 14.1. The first-order valence-corrected chi connectivity index (χ1v) is 14.1. The smallest absolute Gasteiger partial charge is 0.164 e. The summed E-state index contributed by atoms with van der Waals surface area (Å²) >= 11 is 0. The second kappa shape index (κ2) is 13.0. The van der Waals surface area contributed by atoms with E-state index in [2.05, 4.69) is 93.1 Å². The molecule has 3 aromatic carbocycles. The Balaban J connectivity index is 0.000000338. The SMILES string of the molecule is CCC(C)(C)/C(O)=C/C(=O)C(C)(C)C.Cc1[c-]c(-c2ncnc3c2ccc2cccc(C)c23)cc(C(C)(C)C)c1.[Ir]. The third-order valence-corrected chi connectivity index (χ3v) is 7.56. The third kappa shape index (κ3) is 8.11. The molecule has 0 spiro atoms. The van der Waals surface area contributed by atoms with Crippen molar-refractivity contribution in [2.45, 2.75) is 88.0 Å². The molecule has 4 rings (SSSR count). The molecule has 5 heteroatoms. The van der Waals surface area contributed by atoms with Gasteiger partial charge in [-0.3, -0.25) is 9.78 Å². The van der Waals surface area contributed by atoms with Gasteiger partial charge in [0.25, 0.3) is 0 Å². The first-order chi connectivity index (χ1) is 18.5. The molecule has 0 atom stereocenters. The Morgan fingerprint density at radius 3 is 2.20 bits per heavy atom. The van der Waals surface area contributed by atoms with Gasteiger partial charge in [-0.05, 0) is 40.8 Å². The average molecular weight is 730 g/mol. The zero-order valence-corrected chi connectivity index (χ0v) is 28.9. The molecule has 4 nitrogen and oxygen atoms in total. The zero-order chi connectivity index (χ0) is 30.0. The van der Waals surface area contributed by atoms with Crippen molar-refractivity contribution in [3.8, 4) is 11.3 Å². The Kier molecular flexibility index (Phi) is 10.9. The number of carbonyl (C=O) groups excluding carboxylic acids is 1. The van der Waals surface area contributed by atoms with Crippen molar-refractivity contribution in [3.05, 3.63) is 83.4 Å². The fourth-order valence-corrected chi connectivity index (χ4v) is 4.29. The largest absolute Gasteiger partial charge is 0.512 e. The molecule has 1 radical (unpaired) electrons. The molecular weight excluding hydrogens is 685 g/mol. The van der Waals surface area contributed by atoms with Crippen LogP contribution in [-0.2, 0) is 30.3 Å². The minimum atomic E-state index is -0.419. The van der Waals surface area contributed by atoms with Crippen LogP contribution in [0.25, 0.3) is 32.9 Å². The molecule has 0 bridgehead atoms. The standard InChI is InChI=1S/C24H23N2.C12H22O2.Ir/c1-15-11-18(13-19(12-15)24(3,4)5)22-20-10-9-17-8-6-7-16(2)21(17)23(20)26-14-25-22;1-7-12(5,6)10(14)8-9(13)11(2,3)4;/h6-10,12-14H,1-5H3;8,14H,7H2,1-6H3;/q-1;;/b;10-8-;. The molecule has 0 fully saturated rings. The van der Waals surface area contributed by atoms with Crippen molar-refractivity contribution in [1.29, 1.82) is 0 Å². The summed E-state index contributed by atoms with van der Waals surface area (Å²) in [5.41, 5.74) is 6.03. The van der Waals surface area contributed by atoms with Gasteiger partial charge in [-0.15, -0.1) is 34.9 Å². The van der Waals surface area contributed by atoms with Crippen LogP contribution in [-0.4, -0.2) is 20.9 Å². The fourth-order valence-electron chi connectivity index (χ4n) is 4.29. The van der Waals surface area contributed by atoms with Gasteiger partial charge in [0.05, 0.1) is 5.52 Å². The first kappa shape index (κ1) is 34.3. The van der Waals surface area contributed by atoms with Gasteiger partial charge in [0.1, 0.15) is 12.1 Å². The number of rotatable bonds is 4. The van der Waals surface area contributed by atoms with Gasteiger partial charge in [-0.1, -0.05) is 99.6 Å². The quantitative estimate of drug-likeness (QED) is 0.0984. The minimum absolute atomic E-state index is 0. The summed E-state index contributed by atoms with van der Waals surface area (Å²) in [4.78, 5) is 20.9. The number of hydrogen-bond acceptors (Lipinski definition) is 4. The number of nitrogens with zero attached hydrogens (tertiary/aromatic N) is 2. The number of aromatic nitrogens is 2. The molecular formula is C36H45IrN2O2-. The van der Waals surface area contributed by atoms with E-state index in [9.17, 15) is 9.90 Å². The molecule has 0 aliphatic heterocycles. The fraction of sp³-hybridized carbons (Fsp3) is 0.417. The van der Waals surface area contributed by atoms with Gasteiger partial charge in [-0.2, -0.15) is 0 Å². The molecule has 1 N–H and O–H groups in total. The molecule has 0 saturated carbocycles. The van der Waals surface area contributed by atoms with Gasteiger partial charge in [0, 0.05) is 42.4 Å². The summed E-state index contributed by atoms with van der Waals surface area (Å²) in [6.07, 6.45) is 3.85. The third-order valence-electron chi connectivity index (χ3n) is 7.56. The Hall–Kier alpha value is -2.88. The van der Waals surface area contributed by atoms with Crippen molar-refractivity contribution in [3.63, 3.8) is 0 Å². The summed E-state index contributed by atoms with van der Waals surface area (Å²) in [5, 5.41) is 13.3. The summed E-state index contributed by atoms with van der Waals surface area (Å²) < 4.78 is 0. The number of ketones is 1. The number of aryl methyl sites for hydroxylation is 2. The molecule has 0 aliphatic carbocycles. The van der Waals surface area contributed by atoms with E-state index in [0.717, 1.165) is 34.1 Å². The molecule has 221 valence electrons. The molecule has 1 heterocycles. The Morgan fingerprint density at radius 1 is 0.951 bits per heavy atom. The Labute approximate surface area is 260 Å². The van der Waals surface area contributed by atoms with Crippen LogP contribution in [0.1, 0.15) is 85.4 Å². The maximum Gasteiger partial charge on any atom is 0.164 e. The summed E-state index contributed by atoms with van der Waals surface area (Å²) in [5.74, 6) is 0.149. The average Bonchev–Trinajstić information content (AvgIpc) is 2.87. The van der Waals surface area contributed by atoms with Crippen molar-refractivity contribution < 1.29 is 30.0 Å². The van der Waals surface area contributed by atoms with Crippen LogP contribution in [0.5, 0.6) is 0 Å². The molecule has 1 aromatic heterocycles. The maximum atomic E-state index is 11.6. The number of carbonyl (C=O) groups is 1. The molecule has 0 unspecified atom stereocenters. The van der Waals surface area contributed by atoms with Gasteiger partial charge >= 0.3 is 0 Å². The van der Waals surface area contributed by atoms with Crippen LogP contribution in [0.4, 0.5) is 0 Å². The van der Waals surface area contributed by atoms with Gasteiger partial charge in [-0.25, -0.2) is 4.98 Å². The van der Waals surface area contributed by atoms with E-state index in [0.29, 0.717) is 0 Å². The topological polar surface area (TPSA) is 63.1 Å². The Morgan fingerprint density at radius 2 is 1.61 bits per heavy atom. The molecule has 4 aromatic rings. The molecule has 0 aliphatic rings. The van der Waals surface area contributed by atoms with E-state index in [1.165, 1.54) is 28.0 Å². The van der Waals surface area contributed by atoms with E-state index in [-0.39, 0.29) is 42.5 Å². The Bertz CT molecular complexity index is 1570. The maximum absolute atomic E-state index is 11.6.